The molecule has 0 radical (unpaired) electrons. The van der Waals surface area contributed by atoms with Gasteiger partial charge in [-0.05, 0) is 63.9 Å². The van der Waals surface area contributed by atoms with Gasteiger partial charge in [0.05, 0.1) is 34.0 Å². The van der Waals surface area contributed by atoms with Crippen LogP contribution in [0.1, 0.15) is 162 Å². The van der Waals surface area contributed by atoms with Crippen LogP contribution in [0, 0.1) is 0 Å². The number of quaternary nitrogens is 1. The summed E-state index contributed by atoms with van der Waals surface area (Å²) >= 11 is 0. The van der Waals surface area contributed by atoms with E-state index in [0.29, 0.717) is 17.4 Å². The van der Waals surface area contributed by atoms with Gasteiger partial charge in [-0.2, -0.15) is 0 Å². The van der Waals surface area contributed by atoms with Crippen LogP contribution in [0.3, 0.4) is 0 Å². The summed E-state index contributed by atoms with van der Waals surface area (Å²) in [7, 11) is 1.61. The van der Waals surface area contributed by atoms with Gasteiger partial charge in [0, 0.05) is 6.42 Å². The van der Waals surface area contributed by atoms with Crippen LogP contribution in [-0.4, -0.2) is 69.0 Å². The topological polar surface area (TPSA) is 91.3 Å². The molecule has 0 rings (SSSR count). The number of likely N-dealkylation sites (N-methyl/N-ethyl adjacent to an activating group) is 1. The predicted octanol–water partition coefficient (Wildman–Crippen LogP) is 11.9. The molecule has 9 heteroatoms. The van der Waals surface area contributed by atoms with Crippen LogP contribution in [0.25, 0.3) is 0 Å². The number of phosphoric acid groups is 1. The van der Waals surface area contributed by atoms with E-state index in [1.54, 1.807) is 6.26 Å². The number of hydrogen-bond acceptors (Lipinski definition) is 6. The van der Waals surface area contributed by atoms with Crippen LogP contribution in [-0.2, 0) is 27.9 Å². The molecule has 0 aromatic rings. The summed E-state index contributed by atoms with van der Waals surface area (Å²) in [6.45, 7) is 4.84. The second-order valence-electron chi connectivity index (χ2n) is 14.7. The lowest BCUT2D eigenvalue weighted by atomic mass is 10.0. The highest BCUT2D eigenvalue weighted by atomic mass is 31.2. The van der Waals surface area contributed by atoms with Crippen LogP contribution in [0.4, 0.5) is 0 Å². The Kier molecular flexibility index (Phi) is 34.2. The number of carbonyl (C=O) groups excluding carboxylic acids is 1. The first-order valence-electron chi connectivity index (χ1n) is 20.4. The molecule has 0 amide bonds. The number of allylic oxidation sites excluding steroid dienone is 7. The summed E-state index contributed by atoms with van der Waals surface area (Å²) < 4.78 is 34.6. The monoisotopic (exact) mass is 741 g/mol. The Morgan fingerprint density at radius 3 is 1.67 bits per heavy atom. The Labute approximate surface area is 314 Å². The Morgan fingerprint density at radius 1 is 0.627 bits per heavy atom. The van der Waals surface area contributed by atoms with Crippen molar-refractivity contribution in [2.75, 3.05) is 47.5 Å². The first kappa shape index (κ1) is 49.3. The van der Waals surface area contributed by atoms with Gasteiger partial charge in [-0.1, -0.05) is 134 Å². The smallest absolute Gasteiger partial charge is 0.472 e. The zero-order valence-electron chi connectivity index (χ0n) is 33.6. The van der Waals surface area contributed by atoms with Crippen molar-refractivity contribution in [3.05, 3.63) is 48.8 Å². The minimum absolute atomic E-state index is 0.0322. The zero-order valence-corrected chi connectivity index (χ0v) is 34.5. The number of ether oxygens (including phenoxy) is 2. The molecule has 51 heavy (non-hydrogen) atoms. The molecule has 0 spiro atoms. The van der Waals surface area contributed by atoms with E-state index in [4.69, 9.17) is 18.5 Å². The van der Waals surface area contributed by atoms with Gasteiger partial charge in [0.15, 0.2) is 6.10 Å². The van der Waals surface area contributed by atoms with Gasteiger partial charge in [0.1, 0.15) is 19.8 Å². The Morgan fingerprint density at radius 2 is 1.10 bits per heavy atom. The molecule has 2 atom stereocenters. The van der Waals surface area contributed by atoms with E-state index in [-0.39, 0.29) is 32.2 Å². The highest BCUT2D eigenvalue weighted by Crippen LogP contribution is 2.43. The van der Waals surface area contributed by atoms with E-state index < -0.39 is 13.9 Å². The van der Waals surface area contributed by atoms with Gasteiger partial charge >= 0.3 is 13.8 Å². The molecular weight excluding hydrogens is 661 g/mol. The van der Waals surface area contributed by atoms with E-state index in [9.17, 15) is 14.3 Å². The third-order valence-corrected chi connectivity index (χ3v) is 9.44. The van der Waals surface area contributed by atoms with Crippen molar-refractivity contribution in [2.24, 2.45) is 0 Å². The van der Waals surface area contributed by atoms with Gasteiger partial charge in [0.2, 0.25) is 0 Å². The van der Waals surface area contributed by atoms with Crippen LogP contribution < -0.4 is 0 Å². The van der Waals surface area contributed by atoms with E-state index in [1.807, 2.05) is 27.2 Å². The zero-order chi connectivity index (χ0) is 37.7. The molecule has 298 valence electrons. The number of phosphoric ester groups is 1. The molecule has 0 saturated carbocycles. The molecule has 0 aromatic carbocycles. The minimum Gasteiger partial charge on any atom is -0.498 e. The summed E-state index contributed by atoms with van der Waals surface area (Å²) in [5.74, 6) is -0.374. The fourth-order valence-electron chi connectivity index (χ4n) is 5.23. The van der Waals surface area contributed by atoms with Gasteiger partial charge in [0.25, 0.3) is 0 Å². The number of esters is 1. The first-order valence-corrected chi connectivity index (χ1v) is 21.9. The fraction of sp³-hybridized carbons (Fsp3) is 0.786. The Balaban J connectivity index is 4.41. The Bertz CT molecular complexity index is 957. The lowest BCUT2D eigenvalue weighted by molar-refractivity contribution is -0.870. The molecule has 0 saturated heterocycles. The molecule has 8 nitrogen and oxygen atoms in total. The summed E-state index contributed by atoms with van der Waals surface area (Å²) in [6, 6.07) is 0. The normalized spacial score (nSPS) is 14.3. The Hall–Kier alpha value is -1.70. The number of nitrogens with zero attached hydrogens (tertiary/aromatic N) is 1. The molecule has 1 N–H and O–H groups in total. The summed E-state index contributed by atoms with van der Waals surface area (Å²) in [5, 5.41) is 0. The van der Waals surface area contributed by atoms with Gasteiger partial charge in [-0.15, -0.1) is 0 Å². The average Bonchev–Trinajstić information content (AvgIpc) is 3.08. The van der Waals surface area contributed by atoms with Crippen molar-refractivity contribution >= 4 is 13.8 Å². The molecule has 0 aliphatic rings. The molecule has 0 fully saturated rings. The predicted molar refractivity (Wildman–Crippen MR) is 215 cm³/mol. The van der Waals surface area contributed by atoms with E-state index >= 15 is 0 Å². The molecular formula is C42H79NO7P+. The van der Waals surface area contributed by atoms with Gasteiger partial charge in [-0.25, -0.2) is 4.57 Å². The van der Waals surface area contributed by atoms with E-state index in [1.165, 1.54) is 96.3 Å². The molecule has 0 aliphatic carbocycles. The molecule has 0 bridgehead atoms. The maximum absolute atomic E-state index is 12.6. The van der Waals surface area contributed by atoms with Crippen molar-refractivity contribution < 1.29 is 37.3 Å². The summed E-state index contributed by atoms with van der Waals surface area (Å²) in [4.78, 5) is 22.8. The quantitative estimate of drug-likeness (QED) is 0.0169. The van der Waals surface area contributed by atoms with Crippen molar-refractivity contribution in [2.45, 2.75) is 168 Å². The van der Waals surface area contributed by atoms with Crippen molar-refractivity contribution in [1.82, 2.24) is 0 Å². The maximum Gasteiger partial charge on any atom is 0.472 e. The third kappa shape index (κ3) is 39.3. The number of carbonyl (C=O) groups is 1. The van der Waals surface area contributed by atoms with Crippen molar-refractivity contribution in [3.8, 4) is 0 Å². The van der Waals surface area contributed by atoms with Gasteiger partial charge < -0.3 is 18.9 Å². The van der Waals surface area contributed by atoms with Crippen LogP contribution in [0.15, 0.2) is 48.8 Å². The SMILES string of the molecule is CCCCC/C=C/C/C=C/C/C=C/CCCCC(=O)O[C@H](CO/C=C/CCCCCCCCCCCCCC)COP(=O)(O)OCC[N+](C)(C)C. The van der Waals surface area contributed by atoms with Gasteiger partial charge in [-0.3, -0.25) is 13.8 Å². The van der Waals surface area contributed by atoms with E-state index in [2.05, 4.69) is 50.3 Å². The average molecular weight is 741 g/mol. The number of unbranched alkanes of at least 4 members (excludes halogenated alkanes) is 17. The summed E-state index contributed by atoms with van der Waals surface area (Å²) in [6.07, 6.45) is 42.4. The van der Waals surface area contributed by atoms with Crippen LogP contribution >= 0.6 is 7.82 Å². The molecule has 1 unspecified atom stereocenters. The molecule has 0 aromatic heterocycles. The third-order valence-electron chi connectivity index (χ3n) is 8.46. The fourth-order valence-corrected chi connectivity index (χ4v) is 5.97. The second kappa shape index (κ2) is 35.3. The van der Waals surface area contributed by atoms with Crippen molar-refractivity contribution in [1.29, 1.82) is 0 Å². The van der Waals surface area contributed by atoms with Crippen LogP contribution in [0.5, 0.6) is 0 Å². The maximum atomic E-state index is 12.6. The molecule has 0 heterocycles. The first-order chi connectivity index (χ1) is 24.6. The summed E-state index contributed by atoms with van der Waals surface area (Å²) in [5.41, 5.74) is 0. The molecule has 0 aliphatic heterocycles. The van der Waals surface area contributed by atoms with E-state index in [0.717, 1.165) is 38.5 Å². The highest BCUT2D eigenvalue weighted by Gasteiger charge is 2.26. The van der Waals surface area contributed by atoms with Crippen LogP contribution in [0.2, 0.25) is 0 Å². The number of hydrogen-bond donors (Lipinski definition) is 1. The highest BCUT2D eigenvalue weighted by molar-refractivity contribution is 7.47. The lowest BCUT2D eigenvalue weighted by Gasteiger charge is -2.24. The minimum atomic E-state index is -4.30. The lowest BCUT2D eigenvalue weighted by Crippen LogP contribution is -2.37. The van der Waals surface area contributed by atoms with Crippen molar-refractivity contribution in [3.63, 3.8) is 0 Å². The standard InChI is InChI=1S/C42H78NO7P/c1-6-8-10-12-14-16-18-20-22-23-25-27-29-31-33-35-42(44)50-41(40-49-51(45,46)48-38-36-43(3,4)5)39-47-37-34-32-30-28-26-24-21-19-17-15-13-11-9-7-2/h14,16,20,22,25,27,34,37,41H,6-13,15,17-19,21,23-24,26,28-33,35-36,38-40H2,1-5H3/p+1/b16-14+,22-20+,27-25+,37-34+/t41-/m1/s1. The number of rotatable bonds is 37. The second-order valence-corrected chi connectivity index (χ2v) is 16.2. The largest absolute Gasteiger partial charge is 0.498 e.